The molecular weight excluding hydrogens is 436 g/mol. The van der Waals surface area contributed by atoms with Gasteiger partial charge < -0.3 is 20.1 Å². The van der Waals surface area contributed by atoms with Gasteiger partial charge in [0.05, 0.1) is 5.02 Å². The highest BCUT2D eigenvalue weighted by Gasteiger charge is 2.18. The molecule has 2 N–H and O–H groups in total. The second kappa shape index (κ2) is 10.0. The molecule has 1 heterocycles. The average molecular weight is 461 g/mol. The number of fused-ring (bicyclic) bond motifs is 1. The van der Waals surface area contributed by atoms with E-state index in [1.54, 1.807) is 20.8 Å². The van der Waals surface area contributed by atoms with Crippen molar-refractivity contribution in [3.05, 3.63) is 64.0 Å². The van der Waals surface area contributed by atoms with Crippen molar-refractivity contribution in [1.82, 2.24) is 10.6 Å². The van der Waals surface area contributed by atoms with Crippen LogP contribution in [0.1, 0.15) is 36.0 Å². The molecule has 0 unspecified atom stereocenters. The third-order valence-corrected chi connectivity index (χ3v) is 5.81. The quantitative estimate of drug-likeness (QED) is 0.463. The first kappa shape index (κ1) is 22.9. The van der Waals surface area contributed by atoms with Gasteiger partial charge >= 0.3 is 6.09 Å². The molecule has 31 heavy (non-hydrogen) atoms. The third kappa shape index (κ3) is 6.60. The number of rotatable bonds is 7. The van der Waals surface area contributed by atoms with Crippen LogP contribution >= 0.6 is 22.9 Å². The van der Waals surface area contributed by atoms with Gasteiger partial charge in [-0.3, -0.25) is 4.79 Å². The highest BCUT2D eigenvalue weighted by atomic mass is 35.5. The van der Waals surface area contributed by atoms with Crippen LogP contribution in [0.4, 0.5) is 4.79 Å². The zero-order chi connectivity index (χ0) is 22.4. The van der Waals surface area contributed by atoms with Gasteiger partial charge in [-0.2, -0.15) is 0 Å². The number of hydrogen-bond donors (Lipinski definition) is 2. The Bertz CT molecular complexity index is 1060. The Labute approximate surface area is 190 Å². The maximum absolute atomic E-state index is 12.5. The Kier molecular flexibility index (Phi) is 7.41. The van der Waals surface area contributed by atoms with E-state index < -0.39 is 11.7 Å². The summed E-state index contributed by atoms with van der Waals surface area (Å²) in [5.74, 6) is 0.397. The number of carbonyl (C=O) groups excluding carboxylic acids is 2. The van der Waals surface area contributed by atoms with E-state index in [1.807, 2.05) is 48.5 Å². The van der Waals surface area contributed by atoms with Crippen LogP contribution in [0.15, 0.2) is 48.5 Å². The molecule has 6 nitrogen and oxygen atoms in total. The Hall–Kier alpha value is -2.77. The van der Waals surface area contributed by atoms with E-state index in [1.165, 1.54) is 11.3 Å². The SMILES string of the molecule is CC(C)(C)OC(=O)NCCNC(=O)c1sc2ccc(OCc3ccccc3)cc2c1Cl. The standard InChI is InChI=1S/C23H25ClN2O4S/c1-23(2,3)30-22(28)26-12-11-25-21(27)20-19(24)17-13-16(9-10-18(17)31-20)29-14-15-7-5-4-6-8-15/h4-10,13H,11-12,14H2,1-3H3,(H,25,27)(H,26,28). The third-order valence-electron chi connectivity index (χ3n) is 4.13. The fourth-order valence-electron chi connectivity index (χ4n) is 2.76. The van der Waals surface area contributed by atoms with E-state index in [0.717, 1.165) is 15.6 Å². The van der Waals surface area contributed by atoms with Gasteiger partial charge in [-0.15, -0.1) is 11.3 Å². The molecule has 0 aliphatic carbocycles. The van der Waals surface area contributed by atoms with Gasteiger partial charge in [0.2, 0.25) is 0 Å². The molecule has 3 aromatic rings. The lowest BCUT2D eigenvalue weighted by Gasteiger charge is -2.19. The van der Waals surface area contributed by atoms with Crippen LogP contribution in [0, 0.1) is 0 Å². The van der Waals surface area contributed by atoms with Crippen molar-refractivity contribution in [1.29, 1.82) is 0 Å². The van der Waals surface area contributed by atoms with E-state index >= 15 is 0 Å². The second-order valence-electron chi connectivity index (χ2n) is 7.86. The predicted octanol–water partition coefficient (Wildman–Crippen LogP) is 5.39. The summed E-state index contributed by atoms with van der Waals surface area (Å²) in [5.41, 5.74) is 0.501. The van der Waals surface area contributed by atoms with Crippen molar-refractivity contribution in [2.45, 2.75) is 33.0 Å². The summed E-state index contributed by atoms with van der Waals surface area (Å²) < 4.78 is 11.9. The van der Waals surface area contributed by atoms with Crippen molar-refractivity contribution in [2.24, 2.45) is 0 Å². The van der Waals surface area contributed by atoms with Crippen LogP contribution in [-0.2, 0) is 11.3 Å². The first-order valence-electron chi connectivity index (χ1n) is 9.87. The smallest absolute Gasteiger partial charge is 0.407 e. The number of alkyl carbamates (subject to hydrolysis) is 1. The van der Waals surface area contributed by atoms with E-state index in [0.29, 0.717) is 22.3 Å². The normalized spacial score (nSPS) is 11.2. The van der Waals surface area contributed by atoms with Crippen molar-refractivity contribution < 1.29 is 19.1 Å². The molecule has 0 bridgehead atoms. The van der Waals surface area contributed by atoms with Crippen LogP contribution < -0.4 is 15.4 Å². The molecule has 3 rings (SSSR count). The molecule has 1 aromatic heterocycles. The number of ether oxygens (including phenoxy) is 2. The fraction of sp³-hybridized carbons (Fsp3) is 0.304. The van der Waals surface area contributed by atoms with Crippen molar-refractivity contribution >= 4 is 45.0 Å². The molecule has 0 saturated heterocycles. The number of amides is 2. The Morgan fingerprint density at radius 1 is 1.03 bits per heavy atom. The van der Waals surface area contributed by atoms with E-state index in [4.69, 9.17) is 21.1 Å². The molecule has 2 amide bonds. The maximum atomic E-state index is 12.5. The lowest BCUT2D eigenvalue weighted by Crippen LogP contribution is -2.37. The average Bonchev–Trinajstić information content (AvgIpc) is 3.05. The van der Waals surface area contributed by atoms with Gasteiger partial charge in [0, 0.05) is 23.2 Å². The molecule has 0 aliphatic heterocycles. The molecule has 0 spiro atoms. The van der Waals surface area contributed by atoms with Gasteiger partial charge in [-0.25, -0.2) is 4.79 Å². The van der Waals surface area contributed by atoms with Gasteiger partial charge in [0.15, 0.2) is 0 Å². The molecule has 0 aliphatic rings. The highest BCUT2D eigenvalue weighted by Crippen LogP contribution is 2.37. The Morgan fingerprint density at radius 3 is 2.45 bits per heavy atom. The summed E-state index contributed by atoms with van der Waals surface area (Å²) in [5, 5.41) is 6.53. The van der Waals surface area contributed by atoms with Gasteiger partial charge in [-0.1, -0.05) is 41.9 Å². The molecule has 0 fully saturated rings. The minimum Gasteiger partial charge on any atom is -0.489 e. The fourth-order valence-corrected chi connectivity index (χ4v) is 4.16. The van der Waals surface area contributed by atoms with E-state index in [2.05, 4.69) is 10.6 Å². The first-order valence-corrected chi connectivity index (χ1v) is 11.1. The molecular formula is C23H25ClN2O4S. The number of thiophene rings is 1. The minimum atomic E-state index is -0.568. The lowest BCUT2D eigenvalue weighted by atomic mass is 10.2. The van der Waals surface area contributed by atoms with Crippen LogP contribution in [0.25, 0.3) is 10.1 Å². The number of benzene rings is 2. The van der Waals surface area contributed by atoms with Crippen molar-refractivity contribution in [3.8, 4) is 5.75 Å². The molecule has 0 saturated carbocycles. The molecule has 164 valence electrons. The number of hydrogen-bond acceptors (Lipinski definition) is 5. The van der Waals surface area contributed by atoms with Crippen LogP contribution in [0.2, 0.25) is 5.02 Å². The number of halogens is 1. The summed E-state index contributed by atoms with van der Waals surface area (Å²) in [6.07, 6.45) is -0.523. The first-order chi connectivity index (χ1) is 14.7. The van der Waals surface area contributed by atoms with Gasteiger partial charge in [0.1, 0.15) is 22.8 Å². The Morgan fingerprint density at radius 2 is 1.74 bits per heavy atom. The van der Waals surface area contributed by atoms with Crippen molar-refractivity contribution in [3.63, 3.8) is 0 Å². The largest absolute Gasteiger partial charge is 0.489 e. The van der Waals surface area contributed by atoms with Gasteiger partial charge in [0.25, 0.3) is 5.91 Å². The van der Waals surface area contributed by atoms with E-state index in [-0.39, 0.29) is 19.0 Å². The van der Waals surface area contributed by atoms with Crippen LogP contribution in [0.3, 0.4) is 0 Å². The summed E-state index contributed by atoms with van der Waals surface area (Å²) >= 11 is 7.80. The summed E-state index contributed by atoms with van der Waals surface area (Å²) in [6.45, 7) is 6.32. The predicted molar refractivity (Wildman–Crippen MR) is 124 cm³/mol. The highest BCUT2D eigenvalue weighted by molar-refractivity contribution is 7.21. The number of nitrogens with one attached hydrogen (secondary N) is 2. The molecule has 0 radical (unpaired) electrons. The van der Waals surface area contributed by atoms with Crippen LogP contribution in [-0.4, -0.2) is 30.7 Å². The molecule has 0 atom stereocenters. The number of carbonyl (C=O) groups is 2. The lowest BCUT2D eigenvalue weighted by molar-refractivity contribution is 0.0526. The second-order valence-corrected chi connectivity index (χ2v) is 9.29. The van der Waals surface area contributed by atoms with Gasteiger partial charge in [-0.05, 0) is 44.5 Å². The summed E-state index contributed by atoms with van der Waals surface area (Å²) in [6, 6.07) is 15.5. The summed E-state index contributed by atoms with van der Waals surface area (Å²) in [7, 11) is 0. The van der Waals surface area contributed by atoms with Crippen molar-refractivity contribution in [2.75, 3.05) is 13.1 Å². The van der Waals surface area contributed by atoms with E-state index in [9.17, 15) is 9.59 Å². The molecule has 8 heteroatoms. The zero-order valence-corrected chi connectivity index (χ0v) is 19.2. The zero-order valence-electron chi connectivity index (χ0n) is 17.7. The minimum absolute atomic E-state index is 0.251. The Balaban J connectivity index is 1.57. The summed E-state index contributed by atoms with van der Waals surface area (Å²) in [4.78, 5) is 24.6. The maximum Gasteiger partial charge on any atom is 0.407 e. The van der Waals surface area contributed by atoms with Crippen LogP contribution in [0.5, 0.6) is 5.75 Å². The molecule has 2 aromatic carbocycles. The topological polar surface area (TPSA) is 76.7 Å². The monoisotopic (exact) mass is 460 g/mol.